The van der Waals surface area contributed by atoms with Crippen LogP contribution in [0.3, 0.4) is 0 Å². The predicted octanol–water partition coefficient (Wildman–Crippen LogP) is 1.14. The van der Waals surface area contributed by atoms with Crippen LogP contribution in [-0.2, 0) is 14.8 Å². The average Bonchev–Trinajstić information content (AvgIpc) is 2.91. The predicted molar refractivity (Wildman–Crippen MR) is 70.2 cm³/mol. The molecule has 1 atom stereocenters. The number of anilines is 1. The van der Waals surface area contributed by atoms with Crippen molar-refractivity contribution in [2.45, 2.75) is 17.4 Å². The van der Waals surface area contributed by atoms with Gasteiger partial charge in [-0.3, -0.25) is 0 Å². The molecule has 2 rings (SSSR count). The molecule has 0 spiro atoms. The Morgan fingerprint density at radius 1 is 1.33 bits per heavy atom. The van der Waals surface area contributed by atoms with Crippen LogP contribution in [0.1, 0.15) is 6.42 Å². The topological polar surface area (TPSA) is 58.6 Å². The molecule has 0 radical (unpaired) electrons. The van der Waals surface area contributed by atoms with E-state index in [1.807, 2.05) is 0 Å². The van der Waals surface area contributed by atoms with Crippen molar-refractivity contribution < 1.29 is 13.2 Å². The van der Waals surface area contributed by atoms with Crippen molar-refractivity contribution in [2.75, 3.05) is 32.6 Å². The Kier molecular flexibility index (Phi) is 3.89. The second kappa shape index (κ2) is 5.26. The number of hydrogen-bond acceptors (Lipinski definition) is 4. The quantitative estimate of drug-likeness (QED) is 0.891. The van der Waals surface area contributed by atoms with Crippen molar-refractivity contribution in [3.05, 3.63) is 24.3 Å². The highest BCUT2D eigenvalue weighted by atomic mass is 32.2. The number of ether oxygens (including phenoxy) is 1. The number of nitrogens with one attached hydrogen (secondary N) is 1. The number of sulfonamides is 1. The Hall–Kier alpha value is -1.11. The Labute approximate surface area is 108 Å². The number of hydrogen-bond donors (Lipinski definition) is 1. The monoisotopic (exact) mass is 270 g/mol. The Bertz CT molecular complexity index is 493. The van der Waals surface area contributed by atoms with Gasteiger partial charge in [0.15, 0.2) is 0 Å². The van der Waals surface area contributed by atoms with Gasteiger partial charge in [0, 0.05) is 26.4 Å². The SMILES string of the molecule is CNc1ccc(S(=O)(=O)N(C)C2CCOC2)cc1. The van der Waals surface area contributed by atoms with Crippen LogP contribution in [0.5, 0.6) is 0 Å². The first kappa shape index (κ1) is 13.3. The lowest BCUT2D eigenvalue weighted by atomic mass is 10.3. The second-order valence-electron chi connectivity index (χ2n) is 4.31. The Balaban J connectivity index is 2.23. The molecule has 1 unspecified atom stereocenters. The first-order valence-corrected chi connectivity index (χ1v) is 7.33. The third kappa shape index (κ3) is 2.50. The van der Waals surface area contributed by atoms with Gasteiger partial charge in [-0.15, -0.1) is 0 Å². The zero-order valence-corrected chi connectivity index (χ0v) is 11.4. The van der Waals surface area contributed by atoms with Gasteiger partial charge in [0.1, 0.15) is 0 Å². The maximum absolute atomic E-state index is 12.4. The van der Waals surface area contributed by atoms with E-state index in [4.69, 9.17) is 4.74 Å². The van der Waals surface area contributed by atoms with Gasteiger partial charge in [-0.05, 0) is 30.7 Å². The van der Waals surface area contributed by atoms with E-state index in [-0.39, 0.29) is 6.04 Å². The highest BCUT2D eigenvalue weighted by Crippen LogP contribution is 2.21. The standard InChI is InChI=1S/C12H18N2O3S/c1-13-10-3-5-12(6-4-10)18(15,16)14(2)11-7-8-17-9-11/h3-6,11,13H,7-9H2,1-2H3. The van der Waals surface area contributed by atoms with Crippen molar-refractivity contribution in [3.63, 3.8) is 0 Å². The van der Waals surface area contributed by atoms with Gasteiger partial charge < -0.3 is 10.1 Å². The number of likely N-dealkylation sites (N-methyl/N-ethyl adjacent to an activating group) is 1. The first-order chi connectivity index (χ1) is 8.55. The van der Waals surface area contributed by atoms with Crippen molar-refractivity contribution in [1.29, 1.82) is 0 Å². The van der Waals surface area contributed by atoms with Crippen LogP contribution in [0.15, 0.2) is 29.2 Å². The van der Waals surface area contributed by atoms with E-state index < -0.39 is 10.0 Å². The lowest BCUT2D eigenvalue weighted by Crippen LogP contribution is -2.37. The maximum Gasteiger partial charge on any atom is 0.243 e. The summed E-state index contributed by atoms with van der Waals surface area (Å²) in [5.41, 5.74) is 0.890. The third-order valence-corrected chi connectivity index (χ3v) is 5.16. The third-order valence-electron chi connectivity index (χ3n) is 3.24. The van der Waals surface area contributed by atoms with Crippen molar-refractivity contribution in [1.82, 2.24) is 4.31 Å². The molecule has 0 bridgehead atoms. The molecule has 1 fully saturated rings. The summed E-state index contributed by atoms with van der Waals surface area (Å²) in [6.07, 6.45) is 0.754. The maximum atomic E-state index is 12.4. The minimum Gasteiger partial charge on any atom is -0.388 e. The largest absolute Gasteiger partial charge is 0.388 e. The molecular formula is C12H18N2O3S. The van der Waals surface area contributed by atoms with Gasteiger partial charge >= 0.3 is 0 Å². The fourth-order valence-electron chi connectivity index (χ4n) is 1.96. The van der Waals surface area contributed by atoms with Crippen LogP contribution in [0.25, 0.3) is 0 Å². The summed E-state index contributed by atoms with van der Waals surface area (Å²) >= 11 is 0. The van der Waals surface area contributed by atoms with Gasteiger partial charge in [-0.25, -0.2) is 8.42 Å². The molecule has 0 aromatic heterocycles. The molecule has 1 saturated heterocycles. The molecule has 0 aliphatic carbocycles. The van der Waals surface area contributed by atoms with Gasteiger partial charge in [-0.2, -0.15) is 4.31 Å². The van der Waals surface area contributed by atoms with E-state index in [1.165, 1.54) is 4.31 Å². The van der Waals surface area contributed by atoms with E-state index in [0.29, 0.717) is 18.1 Å². The molecule has 5 nitrogen and oxygen atoms in total. The van der Waals surface area contributed by atoms with Crippen molar-refractivity contribution in [3.8, 4) is 0 Å². The molecule has 1 heterocycles. The van der Waals surface area contributed by atoms with Crippen LogP contribution in [0.2, 0.25) is 0 Å². The Morgan fingerprint density at radius 2 is 2.00 bits per heavy atom. The highest BCUT2D eigenvalue weighted by molar-refractivity contribution is 7.89. The summed E-state index contributed by atoms with van der Waals surface area (Å²) in [6.45, 7) is 1.10. The summed E-state index contributed by atoms with van der Waals surface area (Å²) in [6, 6.07) is 6.69. The van der Waals surface area contributed by atoms with Crippen molar-refractivity contribution >= 4 is 15.7 Å². The summed E-state index contributed by atoms with van der Waals surface area (Å²) < 4.78 is 31.4. The van der Waals surface area contributed by atoms with E-state index in [1.54, 1.807) is 38.4 Å². The summed E-state index contributed by atoms with van der Waals surface area (Å²) in [5.74, 6) is 0. The zero-order valence-electron chi connectivity index (χ0n) is 10.6. The van der Waals surface area contributed by atoms with E-state index in [0.717, 1.165) is 12.1 Å². The van der Waals surface area contributed by atoms with Gasteiger partial charge in [0.2, 0.25) is 10.0 Å². The first-order valence-electron chi connectivity index (χ1n) is 5.89. The van der Waals surface area contributed by atoms with Crippen LogP contribution < -0.4 is 5.32 Å². The molecule has 0 amide bonds. The molecule has 18 heavy (non-hydrogen) atoms. The normalized spacial score (nSPS) is 20.3. The number of rotatable bonds is 4. The molecule has 1 N–H and O–H groups in total. The second-order valence-corrected chi connectivity index (χ2v) is 6.31. The fraction of sp³-hybridized carbons (Fsp3) is 0.500. The molecule has 0 saturated carbocycles. The highest BCUT2D eigenvalue weighted by Gasteiger charge is 2.30. The average molecular weight is 270 g/mol. The van der Waals surface area contributed by atoms with E-state index in [9.17, 15) is 8.42 Å². The van der Waals surface area contributed by atoms with E-state index >= 15 is 0 Å². The lowest BCUT2D eigenvalue weighted by Gasteiger charge is -2.22. The van der Waals surface area contributed by atoms with Gasteiger partial charge in [0.05, 0.1) is 17.5 Å². The molecule has 1 aliphatic heterocycles. The minimum absolute atomic E-state index is 0.0565. The van der Waals surface area contributed by atoms with Crippen LogP contribution in [0.4, 0.5) is 5.69 Å². The van der Waals surface area contributed by atoms with Gasteiger partial charge in [0.25, 0.3) is 0 Å². The molecule has 1 aromatic carbocycles. The minimum atomic E-state index is -3.42. The van der Waals surface area contributed by atoms with Crippen LogP contribution in [-0.4, -0.2) is 46.1 Å². The molecule has 1 aliphatic rings. The zero-order chi connectivity index (χ0) is 13.2. The van der Waals surface area contributed by atoms with Crippen LogP contribution >= 0.6 is 0 Å². The summed E-state index contributed by atoms with van der Waals surface area (Å²) in [4.78, 5) is 0.316. The lowest BCUT2D eigenvalue weighted by molar-refractivity contribution is 0.181. The summed E-state index contributed by atoms with van der Waals surface area (Å²) in [7, 11) is -0.0129. The fourth-order valence-corrected chi connectivity index (χ4v) is 3.34. The Morgan fingerprint density at radius 3 is 2.50 bits per heavy atom. The molecular weight excluding hydrogens is 252 g/mol. The van der Waals surface area contributed by atoms with Crippen molar-refractivity contribution in [2.24, 2.45) is 0 Å². The van der Waals surface area contributed by atoms with Crippen LogP contribution in [0, 0.1) is 0 Å². The van der Waals surface area contributed by atoms with E-state index in [2.05, 4.69) is 5.32 Å². The smallest absolute Gasteiger partial charge is 0.243 e. The van der Waals surface area contributed by atoms with Gasteiger partial charge in [-0.1, -0.05) is 0 Å². The molecule has 6 heteroatoms. The molecule has 100 valence electrons. The number of benzene rings is 1. The summed E-state index contributed by atoms with van der Waals surface area (Å²) in [5, 5.41) is 2.96. The number of nitrogens with zero attached hydrogens (tertiary/aromatic N) is 1. The molecule has 1 aromatic rings.